The van der Waals surface area contributed by atoms with Crippen LogP contribution < -0.4 is 11.1 Å². The van der Waals surface area contributed by atoms with Crippen molar-refractivity contribution in [1.29, 1.82) is 0 Å². The lowest BCUT2D eigenvalue weighted by atomic mass is 10.2. The van der Waals surface area contributed by atoms with Crippen molar-refractivity contribution < 1.29 is 4.79 Å². The lowest BCUT2D eigenvalue weighted by Gasteiger charge is -2.03. The van der Waals surface area contributed by atoms with Crippen LogP contribution in [0.3, 0.4) is 0 Å². The van der Waals surface area contributed by atoms with E-state index in [1.54, 1.807) is 0 Å². The lowest BCUT2D eigenvalue weighted by Crippen LogP contribution is -2.29. The first-order valence-electron chi connectivity index (χ1n) is 4.85. The summed E-state index contributed by atoms with van der Waals surface area (Å²) in [6.07, 6.45) is 1.82. The van der Waals surface area contributed by atoms with Gasteiger partial charge in [-0.15, -0.1) is 11.3 Å². The predicted molar refractivity (Wildman–Crippen MR) is 57.5 cm³/mol. The minimum Gasteiger partial charge on any atom is -0.347 e. The number of hydrogen-bond acceptors (Lipinski definition) is 3. The number of amides is 1. The Hall–Kier alpha value is -0.870. The zero-order valence-electron chi connectivity index (χ0n) is 8.12. The minimum absolute atomic E-state index is 0.0369. The average Bonchev–Trinajstić information content (AvgIpc) is 2.72. The van der Waals surface area contributed by atoms with Crippen molar-refractivity contribution in [2.45, 2.75) is 31.8 Å². The quantitative estimate of drug-likeness (QED) is 0.786. The fourth-order valence-electron chi connectivity index (χ4n) is 1.43. The van der Waals surface area contributed by atoms with Gasteiger partial charge in [-0.3, -0.25) is 4.79 Å². The number of aryl methyl sites for hydroxylation is 1. The van der Waals surface area contributed by atoms with Gasteiger partial charge in [0, 0.05) is 12.1 Å². The normalized spacial score (nSPS) is 24.7. The van der Waals surface area contributed by atoms with Gasteiger partial charge in [0.25, 0.3) is 5.91 Å². The molecule has 0 bridgehead atoms. The van der Waals surface area contributed by atoms with Gasteiger partial charge in [0.05, 0.1) is 4.88 Å². The van der Waals surface area contributed by atoms with Crippen molar-refractivity contribution >= 4 is 17.2 Å². The summed E-state index contributed by atoms with van der Waals surface area (Å²) >= 11 is 1.50. The maximum absolute atomic E-state index is 11.7. The first-order valence-corrected chi connectivity index (χ1v) is 5.73. The first kappa shape index (κ1) is 9.68. The summed E-state index contributed by atoms with van der Waals surface area (Å²) in [5.74, 6) is 0.0369. The SMILES string of the molecule is CCc1ccsc1C(=O)NC1CC1N. The van der Waals surface area contributed by atoms with E-state index in [-0.39, 0.29) is 18.0 Å². The van der Waals surface area contributed by atoms with Crippen LogP contribution in [0.5, 0.6) is 0 Å². The van der Waals surface area contributed by atoms with E-state index >= 15 is 0 Å². The van der Waals surface area contributed by atoms with Crippen molar-refractivity contribution in [2.24, 2.45) is 5.73 Å². The van der Waals surface area contributed by atoms with Gasteiger partial charge in [-0.05, 0) is 29.9 Å². The molecule has 0 radical (unpaired) electrons. The highest BCUT2D eigenvalue weighted by Gasteiger charge is 2.35. The summed E-state index contributed by atoms with van der Waals surface area (Å²) in [4.78, 5) is 12.6. The van der Waals surface area contributed by atoms with Crippen LogP contribution in [0.2, 0.25) is 0 Å². The Bertz CT molecular complexity index is 348. The molecule has 1 aliphatic rings. The highest BCUT2D eigenvalue weighted by Crippen LogP contribution is 2.21. The highest BCUT2D eigenvalue weighted by atomic mass is 32.1. The Morgan fingerprint density at radius 3 is 3.07 bits per heavy atom. The lowest BCUT2D eigenvalue weighted by molar-refractivity contribution is 0.0953. The van der Waals surface area contributed by atoms with E-state index in [9.17, 15) is 4.79 Å². The maximum atomic E-state index is 11.7. The van der Waals surface area contributed by atoms with Gasteiger partial charge < -0.3 is 11.1 Å². The number of rotatable bonds is 3. The van der Waals surface area contributed by atoms with Crippen LogP contribution in [0, 0.1) is 0 Å². The summed E-state index contributed by atoms with van der Waals surface area (Å²) in [6.45, 7) is 2.06. The molecule has 2 atom stereocenters. The molecule has 1 aliphatic carbocycles. The molecular formula is C10H14N2OS. The predicted octanol–water partition coefficient (Wildman–Crippen LogP) is 1.14. The number of carbonyl (C=O) groups is 1. The van der Waals surface area contributed by atoms with E-state index in [4.69, 9.17) is 5.73 Å². The zero-order valence-corrected chi connectivity index (χ0v) is 8.93. The summed E-state index contributed by atoms with van der Waals surface area (Å²) in [7, 11) is 0. The molecule has 1 aromatic rings. The number of nitrogens with one attached hydrogen (secondary N) is 1. The fraction of sp³-hybridized carbons (Fsp3) is 0.500. The molecule has 1 saturated carbocycles. The third-order valence-corrected chi connectivity index (χ3v) is 3.45. The summed E-state index contributed by atoms with van der Waals surface area (Å²) < 4.78 is 0. The van der Waals surface area contributed by atoms with E-state index in [1.165, 1.54) is 11.3 Å². The molecule has 0 spiro atoms. The van der Waals surface area contributed by atoms with Crippen LogP contribution in [-0.2, 0) is 6.42 Å². The summed E-state index contributed by atoms with van der Waals surface area (Å²) in [5, 5.41) is 4.89. The van der Waals surface area contributed by atoms with Crippen LogP contribution in [0.25, 0.3) is 0 Å². The van der Waals surface area contributed by atoms with Crippen LogP contribution in [-0.4, -0.2) is 18.0 Å². The standard InChI is InChI=1S/C10H14N2OS/c1-2-6-3-4-14-9(6)10(13)12-8-5-7(8)11/h3-4,7-8H,2,5,11H2,1H3,(H,12,13). The zero-order chi connectivity index (χ0) is 10.1. The Morgan fingerprint density at radius 1 is 1.79 bits per heavy atom. The number of nitrogens with two attached hydrogens (primary N) is 1. The molecule has 0 saturated heterocycles. The molecule has 1 heterocycles. The smallest absolute Gasteiger partial charge is 0.261 e. The molecule has 1 fully saturated rings. The third kappa shape index (κ3) is 1.81. The largest absolute Gasteiger partial charge is 0.347 e. The van der Waals surface area contributed by atoms with Crippen molar-refractivity contribution in [3.05, 3.63) is 21.9 Å². The molecule has 3 nitrogen and oxygen atoms in total. The molecule has 2 unspecified atom stereocenters. The number of carbonyl (C=O) groups excluding carboxylic acids is 1. The molecule has 2 rings (SSSR count). The molecular weight excluding hydrogens is 196 g/mol. The molecule has 0 aromatic carbocycles. The van der Waals surface area contributed by atoms with Gasteiger partial charge in [-0.25, -0.2) is 0 Å². The van der Waals surface area contributed by atoms with Crippen LogP contribution in [0.4, 0.5) is 0 Å². The molecule has 1 aromatic heterocycles. The van der Waals surface area contributed by atoms with Gasteiger partial charge in [0.1, 0.15) is 0 Å². The van der Waals surface area contributed by atoms with Crippen LogP contribution in [0.1, 0.15) is 28.6 Å². The number of thiophene rings is 1. The molecule has 0 aliphatic heterocycles. The van der Waals surface area contributed by atoms with Gasteiger partial charge >= 0.3 is 0 Å². The molecule has 4 heteroatoms. The second-order valence-electron chi connectivity index (χ2n) is 3.61. The van der Waals surface area contributed by atoms with E-state index < -0.39 is 0 Å². The Morgan fingerprint density at radius 2 is 2.50 bits per heavy atom. The third-order valence-electron chi connectivity index (χ3n) is 2.49. The van der Waals surface area contributed by atoms with E-state index in [2.05, 4.69) is 12.2 Å². The Kier molecular flexibility index (Phi) is 2.56. The second-order valence-corrected chi connectivity index (χ2v) is 4.52. The summed E-state index contributed by atoms with van der Waals surface area (Å²) in [5.41, 5.74) is 6.75. The Labute approximate surface area is 87.3 Å². The molecule has 76 valence electrons. The van der Waals surface area contributed by atoms with Crippen molar-refractivity contribution in [3.8, 4) is 0 Å². The Balaban J connectivity index is 2.03. The van der Waals surface area contributed by atoms with Crippen molar-refractivity contribution in [1.82, 2.24) is 5.32 Å². The van der Waals surface area contributed by atoms with E-state index in [0.717, 1.165) is 23.3 Å². The highest BCUT2D eigenvalue weighted by molar-refractivity contribution is 7.12. The number of hydrogen-bond donors (Lipinski definition) is 2. The van der Waals surface area contributed by atoms with Gasteiger partial charge in [-0.2, -0.15) is 0 Å². The molecule has 3 N–H and O–H groups in total. The van der Waals surface area contributed by atoms with Gasteiger partial charge in [-0.1, -0.05) is 6.92 Å². The van der Waals surface area contributed by atoms with Crippen LogP contribution in [0.15, 0.2) is 11.4 Å². The van der Waals surface area contributed by atoms with E-state index in [0.29, 0.717) is 0 Å². The van der Waals surface area contributed by atoms with Gasteiger partial charge in [0.2, 0.25) is 0 Å². The fourth-order valence-corrected chi connectivity index (χ4v) is 2.33. The maximum Gasteiger partial charge on any atom is 0.261 e. The first-order chi connectivity index (χ1) is 6.72. The second kappa shape index (κ2) is 3.71. The molecule has 1 amide bonds. The van der Waals surface area contributed by atoms with E-state index in [1.807, 2.05) is 11.4 Å². The monoisotopic (exact) mass is 210 g/mol. The average molecular weight is 210 g/mol. The minimum atomic E-state index is 0.0369. The summed E-state index contributed by atoms with van der Waals surface area (Å²) in [6, 6.07) is 2.38. The van der Waals surface area contributed by atoms with Crippen LogP contribution >= 0.6 is 11.3 Å². The van der Waals surface area contributed by atoms with Crippen molar-refractivity contribution in [3.63, 3.8) is 0 Å². The van der Waals surface area contributed by atoms with Gasteiger partial charge in [0.15, 0.2) is 0 Å². The van der Waals surface area contributed by atoms with Crippen molar-refractivity contribution in [2.75, 3.05) is 0 Å². The molecule has 14 heavy (non-hydrogen) atoms. The topological polar surface area (TPSA) is 55.1 Å².